The molecule has 0 radical (unpaired) electrons. The summed E-state index contributed by atoms with van der Waals surface area (Å²) < 4.78 is 33.5. The number of amides is 1. The van der Waals surface area contributed by atoms with Crippen LogP contribution in [-0.2, 0) is 19.6 Å². The Hall–Kier alpha value is -2.71. The first-order chi connectivity index (χ1) is 14.4. The third-order valence-electron chi connectivity index (χ3n) is 4.15. The van der Waals surface area contributed by atoms with Crippen LogP contribution < -0.4 is 10.0 Å². The Morgan fingerprint density at radius 3 is 2.06 bits per heavy atom. The lowest BCUT2D eigenvalue weighted by Gasteiger charge is -2.25. The van der Waals surface area contributed by atoms with E-state index in [2.05, 4.69) is 10.0 Å². The maximum atomic E-state index is 12.8. The van der Waals surface area contributed by atoms with E-state index in [-0.39, 0.29) is 16.7 Å². The molecule has 0 saturated heterocycles. The molecule has 0 aliphatic carbocycles. The van der Waals surface area contributed by atoms with Gasteiger partial charge in [-0.1, -0.05) is 32.0 Å². The molecule has 31 heavy (non-hydrogen) atoms. The lowest BCUT2D eigenvalue weighted by molar-refractivity contribution is -0.157. The number of carbonyl (C=O) groups is 2. The first-order valence-electron chi connectivity index (χ1n) is 10.1. The van der Waals surface area contributed by atoms with Crippen LogP contribution in [0.2, 0.25) is 0 Å². The summed E-state index contributed by atoms with van der Waals surface area (Å²) in [6, 6.07) is 13.5. The molecule has 2 aromatic carbocycles. The van der Waals surface area contributed by atoms with Crippen LogP contribution in [0, 0.1) is 5.92 Å². The molecule has 1 atom stereocenters. The van der Waals surface area contributed by atoms with Gasteiger partial charge in [-0.05, 0) is 69.5 Å². The molecular weight excluding hydrogens is 416 g/mol. The molecule has 0 fully saturated rings. The van der Waals surface area contributed by atoms with Crippen LogP contribution in [0.1, 0.15) is 51.4 Å². The lowest BCUT2D eigenvalue weighted by atomic mass is 10.0. The van der Waals surface area contributed by atoms with Gasteiger partial charge in [-0.25, -0.2) is 8.42 Å². The molecule has 0 aliphatic heterocycles. The highest BCUT2D eigenvalue weighted by atomic mass is 32.2. The summed E-state index contributed by atoms with van der Waals surface area (Å²) >= 11 is 0. The van der Waals surface area contributed by atoms with Gasteiger partial charge in [0.05, 0.1) is 4.90 Å². The van der Waals surface area contributed by atoms with Crippen molar-refractivity contribution in [1.82, 2.24) is 4.72 Å². The Labute approximate surface area is 184 Å². The quantitative estimate of drug-likeness (QED) is 0.598. The zero-order valence-corrected chi connectivity index (χ0v) is 19.3. The standard InChI is InChI=1S/C23H30N2O5S/c1-16(2)15-20(22(27)30-23(3,4)5)25-31(28,29)19-13-11-18(12-14-19)24-21(26)17-9-7-6-8-10-17/h6-14,16,20,25H,15H2,1-5H3,(H,24,26)/t20-/m0/s1. The van der Waals surface area contributed by atoms with Crippen molar-refractivity contribution >= 4 is 27.6 Å². The van der Waals surface area contributed by atoms with Gasteiger partial charge in [0.15, 0.2) is 0 Å². The van der Waals surface area contributed by atoms with Crippen LogP contribution in [0.15, 0.2) is 59.5 Å². The van der Waals surface area contributed by atoms with Crippen molar-refractivity contribution in [2.24, 2.45) is 5.92 Å². The molecule has 168 valence electrons. The number of hydrogen-bond acceptors (Lipinski definition) is 5. The second kappa shape index (κ2) is 10.1. The predicted molar refractivity (Wildman–Crippen MR) is 120 cm³/mol. The van der Waals surface area contributed by atoms with Gasteiger partial charge in [-0.15, -0.1) is 0 Å². The van der Waals surface area contributed by atoms with Crippen LogP contribution in [0.4, 0.5) is 5.69 Å². The number of anilines is 1. The smallest absolute Gasteiger partial charge is 0.324 e. The van der Waals surface area contributed by atoms with Gasteiger partial charge in [-0.2, -0.15) is 4.72 Å². The van der Waals surface area contributed by atoms with Crippen LogP contribution in [0.5, 0.6) is 0 Å². The van der Waals surface area contributed by atoms with E-state index in [9.17, 15) is 18.0 Å². The summed E-state index contributed by atoms with van der Waals surface area (Å²) in [6.07, 6.45) is 0.305. The van der Waals surface area contributed by atoms with Gasteiger partial charge < -0.3 is 10.1 Å². The molecule has 0 saturated carbocycles. The number of nitrogens with one attached hydrogen (secondary N) is 2. The zero-order valence-electron chi connectivity index (χ0n) is 18.5. The summed E-state index contributed by atoms with van der Waals surface area (Å²) in [6.45, 7) is 8.99. The fraction of sp³-hybridized carbons (Fsp3) is 0.391. The van der Waals surface area contributed by atoms with Crippen LogP contribution in [0.3, 0.4) is 0 Å². The first-order valence-corrected chi connectivity index (χ1v) is 11.6. The van der Waals surface area contributed by atoms with Crippen LogP contribution in [-0.4, -0.2) is 31.9 Å². The second-order valence-corrected chi connectivity index (χ2v) is 10.4. The van der Waals surface area contributed by atoms with E-state index < -0.39 is 27.6 Å². The van der Waals surface area contributed by atoms with Crippen molar-refractivity contribution in [3.63, 3.8) is 0 Å². The molecule has 2 rings (SSSR count). The number of benzene rings is 2. The Morgan fingerprint density at radius 1 is 0.968 bits per heavy atom. The molecule has 0 bridgehead atoms. The largest absolute Gasteiger partial charge is 0.459 e. The van der Waals surface area contributed by atoms with Gasteiger partial charge in [0.2, 0.25) is 10.0 Å². The molecule has 0 spiro atoms. The summed E-state index contributed by atoms with van der Waals surface area (Å²) in [5, 5.41) is 2.72. The molecule has 0 heterocycles. The maximum absolute atomic E-state index is 12.8. The van der Waals surface area contributed by atoms with Gasteiger partial charge in [0, 0.05) is 11.3 Å². The third-order valence-corrected chi connectivity index (χ3v) is 5.64. The molecule has 2 aromatic rings. The Morgan fingerprint density at radius 2 is 1.55 bits per heavy atom. The van der Waals surface area contributed by atoms with E-state index in [1.807, 2.05) is 19.9 Å². The van der Waals surface area contributed by atoms with E-state index in [1.165, 1.54) is 24.3 Å². The number of carbonyl (C=O) groups excluding carboxylic acids is 2. The number of rotatable bonds is 8. The highest BCUT2D eigenvalue weighted by Crippen LogP contribution is 2.18. The molecule has 0 aromatic heterocycles. The minimum absolute atomic E-state index is 0.0116. The van der Waals surface area contributed by atoms with E-state index in [0.717, 1.165) is 0 Å². The lowest BCUT2D eigenvalue weighted by Crippen LogP contribution is -2.44. The van der Waals surface area contributed by atoms with Crippen molar-refractivity contribution in [3.05, 3.63) is 60.2 Å². The van der Waals surface area contributed by atoms with Crippen molar-refractivity contribution in [2.75, 3.05) is 5.32 Å². The van der Waals surface area contributed by atoms with E-state index in [1.54, 1.807) is 45.0 Å². The summed E-state index contributed by atoms with van der Waals surface area (Å²) in [5.74, 6) is -0.830. The Bertz CT molecular complexity index is 995. The number of esters is 1. The highest BCUT2D eigenvalue weighted by molar-refractivity contribution is 7.89. The molecule has 7 nitrogen and oxygen atoms in total. The number of hydrogen-bond donors (Lipinski definition) is 2. The number of sulfonamides is 1. The fourth-order valence-electron chi connectivity index (χ4n) is 2.80. The van der Waals surface area contributed by atoms with Gasteiger partial charge in [0.25, 0.3) is 5.91 Å². The molecule has 2 N–H and O–H groups in total. The van der Waals surface area contributed by atoms with Crippen LogP contribution >= 0.6 is 0 Å². The average Bonchev–Trinajstić information content (AvgIpc) is 2.66. The normalized spacial score (nSPS) is 13.0. The van der Waals surface area contributed by atoms with E-state index in [0.29, 0.717) is 17.7 Å². The minimum atomic E-state index is -3.97. The monoisotopic (exact) mass is 446 g/mol. The predicted octanol–water partition coefficient (Wildman–Crippen LogP) is 3.97. The number of ether oxygens (including phenoxy) is 1. The van der Waals surface area contributed by atoms with Crippen molar-refractivity contribution < 1.29 is 22.7 Å². The summed E-state index contributed by atoms with van der Waals surface area (Å²) in [5.41, 5.74) is 0.226. The molecule has 0 unspecified atom stereocenters. The van der Waals surface area contributed by atoms with E-state index >= 15 is 0 Å². The SMILES string of the molecule is CC(C)C[C@H](NS(=O)(=O)c1ccc(NC(=O)c2ccccc2)cc1)C(=O)OC(C)(C)C. The van der Waals surface area contributed by atoms with E-state index in [4.69, 9.17) is 4.74 Å². The van der Waals surface area contributed by atoms with Gasteiger partial charge in [0.1, 0.15) is 11.6 Å². The minimum Gasteiger partial charge on any atom is -0.459 e. The molecule has 0 aliphatic rings. The van der Waals surface area contributed by atoms with Crippen LogP contribution in [0.25, 0.3) is 0 Å². The fourth-order valence-corrected chi connectivity index (χ4v) is 4.00. The molecule has 8 heteroatoms. The second-order valence-electron chi connectivity index (χ2n) is 8.68. The first kappa shape index (κ1) is 24.6. The van der Waals surface area contributed by atoms with Gasteiger partial charge >= 0.3 is 5.97 Å². The van der Waals surface area contributed by atoms with Crippen molar-refractivity contribution in [3.8, 4) is 0 Å². The third kappa shape index (κ3) is 7.80. The topological polar surface area (TPSA) is 102 Å². The zero-order chi connectivity index (χ0) is 23.2. The summed E-state index contributed by atoms with van der Waals surface area (Å²) in [7, 11) is -3.97. The maximum Gasteiger partial charge on any atom is 0.324 e. The van der Waals surface area contributed by atoms with Gasteiger partial charge in [-0.3, -0.25) is 9.59 Å². The Balaban J connectivity index is 2.14. The average molecular weight is 447 g/mol. The molecular formula is C23H30N2O5S. The molecule has 1 amide bonds. The highest BCUT2D eigenvalue weighted by Gasteiger charge is 2.30. The summed E-state index contributed by atoms with van der Waals surface area (Å²) in [4.78, 5) is 24.7. The Kier molecular flexibility index (Phi) is 7.97. The van der Waals surface area contributed by atoms with Crippen molar-refractivity contribution in [1.29, 1.82) is 0 Å². The van der Waals surface area contributed by atoms with Crippen molar-refractivity contribution in [2.45, 2.75) is 57.6 Å².